The van der Waals surface area contributed by atoms with Crippen molar-refractivity contribution in [2.24, 2.45) is 42.6 Å². The maximum atomic E-state index is 15.4. The Labute approximate surface area is 604 Å². The van der Waals surface area contributed by atoms with E-state index in [2.05, 4.69) is 41.7 Å². The summed E-state index contributed by atoms with van der Waals surface area (Å²) in [5.41, 5.74) is 0. The number of morpholine rings is 1. The van der Waals surface area contributed by atoms with Gasteiger partial charge in [0.15, 0.2) is 6.04 Å². The number of aromatic nitrogens is 4. The molecule has 101 heavy (non-hydrogen) atoms. The number of rotatable bonds is 23. The molecule has 4 N–H and O–H groups in total. The van der Waals surface area contributed by atoms with Crippen LogP contribution in [0.1, 0.15) is 169 Å². The summed E-state index contributed by atoms with van der Waals surface area (Å²) in [5.74, 6) is -8.71. The van der Waals surface area contributed by atoms with Gasteiger partial charge in [-0.3, -0.25) is 62.5 Å². The Morgan fingerprint density at radius 2 is 1.08 bits per heavy atom. The Hall–Kier alpha value is -6.57. The second-order valence-electron chi connectivity index (χ2n) is 29.9. The van der Waals surface area contributed by atoms with Crippen molar-refractivity contribution in [1.82, 2.24) is 80.8 Å². The number of nitrogens with zero attached hydrogens (tertiary/aromatic N) is 12. The average molecular weight is 1450 g/mol. The molecule has 3 aliphatic heterocycles. The molecule has 0 spiro atoms. The Morgan fingerprint density at radius 1 is 0.535 bits per heavy atom. The highest BCUT2D eigenvalue weighted by molar-refractivity contribution is 7.99. The van der Waals surface area contributed by atoms with Gasteiger partial charge in [0.1, 0.15) is 66.5 Å². The van der Waals surface area contributed by atoms with Gasteiger partial charge >= 0.3 is 0 Å². The molecule has 0 saturated carbocycles. The number of fused-ring (bicyclic) bond motifs is 1. The van der Waals surface area contributed by atoms with E-state index in [4.69, 9.17) is 14.3 Å². The lowest BCUT2D eigenvalue weighted by Crippen LogP contribution is -2.72. The van der Waals surface area contributed by atoms with Crippen molar-refractivity contribution in [2.75, 3.05) is 87.5 Å². The molecule has 1 aromatic rings. The van der Waals surface area contributed by atoms with Crippen LogP contribution >= 0.6 is 11.8 Å². The van der Waals surface area contributed by atoms with Gasteiger partial charge in [-0.1, -0.05) is 101 Å². The first-order valence-electron chi connectivity index (χ1n) is 36.4. The predicted molar refractivity (Wildman–Crippen MR) is 382 cm³/mol. The van der Waals surface area contributed by atoms with E-state index < -0.39 is 155 Å². The number of unbranched alkanes of at least 4 members (excludes halogenated alkanes) is 2. The molecule has 574 valence electrons. The molecule has 0 aromatic carbocycles. The Balaban J connectivity index is 1.87. The zero-order chi connectivity index (χ0) is 76.2. The quantitative estimate of drug-likeness (QED) is 0.0904. The summed E-state index contributed by atoms with van der Waals surface area (Å²) in [6, 6.07) is -13.7. The number of tetrazole rings is 1. The summed E-state index contributed by atoms with van der Waals surface area (Å²) in [7, 11) is 10.4. The molecule has 3 saturated heterocycles. The van der Waals surface area contributed by atoms with Crippen molar-refractivity contribution in [3.8, 4) is 0 Å². The molecule has 14 atom stereocenters. The topological polar surface area (TPSA) is 333 Å². The molecule has 11 amide bonds. The van der Waals surface area contributed by atoms with Crippen molar-refractivity contribution in [2.45, 2.75) is 252 Å². The summed E-state index contributed by atoms with van der Waals surface area (Å²) in [4.78, 5) is 180. The van der Waals surface area contributed by atoms with E-state index in [9.17, 15) is 24.0 Å². The van der Waals surface area contributed by atoms with E-state index in [1.54, 1.807) is 53.3 Å². The van der Waals surface area contributed by atoms with E-state index in [1.165, 1.54) is 104 Å². The summed E-state index contributed by atoms with van der Waals surface area (Å²) in [5, 5.41) is 24.5. The smallest absolute Gasteiger partial charge is 0.270 e. The number of ether oxygens (including phenoxy) is 2. The second kappa shape index (κ2) is 40.5. The molecular formula is C70H124N16O14S. The Kier molecular flexibility index (Phi) is 34.8. The number of hydrogen-bond donors (Lipinski definition) is 4. The van der Waals surface area contributed by atoms with Gasteiger partial charge < -0.3 is 60.1 Å². The third-order valence-electron chi connectivity index (χ3n) is 19.6. The monoisotopic (exact) mass is 1440 g/mol. The minimum atomic E-state index is -1.39. The maximum absolute atomic E-state index is 15.4. The number of carbonyl (C=O) groups excluding carboxylic acids is 11. The van der Waals surface area contributed by atoms with E-state index >= 15 is 28.8 Å². The van der Waals surface area contributed by atoms with E-state index in [0.717, 1.165) is 37.5 Å². The maximum Gasteiger partial charge on any atom is 0.270 e. The number of carbonyl (C=O) groups is 11. The van der Waals surface area contributed by atoms with Crippen molar-refractivity contribution < 1.29 is 67.1 Å². The molecule has 0 aliphatic carbocycles. The van der Waals surface area contributed by atoms with Crippen molar-refractivity contribution in [1.29, 1.82) is 0 Å². The Bertz CT molecular complexity index is 2930. The Morgan fingerprint density at radius 3 is 1.62 bits per heavy atom. The van der Waals surface area contributed by atoms with Crippen LogP contribution in [-0.4, -0.2) is 291 Å². The van der Waals surface area contributed by atoms with Crippen LogP contribution in [0.3, 0.4) is 0 Å². The van der Waals surface area contributed by atoms with Crippen LogP contribution in [0.15, 0.2) is 5.16 Å². The van der Waals surface area contributed by atoms with Crippen LogP contribution in [0.2, 0.25) is 0 Å². The van der Waals surface area contributed by atoms with Crippen LogP contribution < -0.4 is 21.3 Å². The summed E-state index contributed by atoms with van der Waals surface area (Å²) >= 11 is 1.50. The second-order valence-corrected chi connectivity index (χ2v) is 31.0. The predicted octanol–water partition coefficient (Wildman–Crippen LogP) is 2.97. The zero-order valence-corrected chi connectivity index (χ0v) is 65.6. The molecule has 31 heteroatoms. The van der Waals surface area contributed by atoms with E-state index in [-0.39, 0.29) is 56.0 Å². The molecule has 1 aromatic heterocycles. The lowest BCUT2D eigenvalue weighted by Gasteiger charge is -2.50. The first-order chi connectivity index (χ1) is 47.3. The number of amides is 11. The summed E-state index contributed by atoms with van der Waals surface area (Å²) < 4.78 is 13.5. The fraction of sp³-hybridized carbons (Fsp3) is 0.829. The van der Waals surface area contributed by atoms with Gasteiger partial charge in [0, 0.05) is 74.8 Å². The fourth-order valence-electron chi connectivity index (χ4n) is 13.2. The van der Waals surface area contributed by atoms with Gasteiger partial charge in [0.05, 0.1) is 19.3 Å². The van der Waals surface area contributed by atoms with Crippen LogP contribution in [0.25, 0.3) is 0 Å². The van der Waals surface area contributed by atoms with Gasteiger partial charge in [-0.2, -0.15) is 0 Å². The van der Waals surface area contributed by atoms with Gasteiger partial charge in [-0.15, -0.1) is 5.10 Å². The molecule has 30 nitrogen and oxygen atoms in total. The third-order valence-corrected chi connectivity index (χ3v) is 20.7. The van der Waals surface area contributed by atoms with Gasteiger partial charge in [0.2, 0.25) is 64.2 Å². The highest BCUT2D eigenvalue weighted by Gasteiger charge is 2.55. The first kappa shape index (κ1) is 86.8. The van der Waals surface area contributed by atoms with Crippen LogP contribution in [0, 0.1) is 35.5 Å². The van der Waals surface area contributed by atoms with Crippen LogP contribution in [0.5, 0.6) is 0 Å². The zero-order valence-electron chi connectivity index (χ0n) is 64.8. The molecule has 0 radical (unpaired) electrons. The minimum absolute atomic E-state index is 0.0384. The van der Waals surface area contributed by atoms with E-state index in [0.29, 0.717) is 43.4 Å². The minimum Gasteiger partial charge on any atom is -0.379 e. The number of hydroxylamine groups is 2. The van der Waals surface area contributed by atoms with Crippen LogP contribution in [0.4, 0.5) is 0 Å². The summed E-state index contributed by atoms with van der Waals surface area (Å²) in [6.07, 6.45) is 2.02. The highest BCUT2D eigenvalue weighted by Crippen LogP contribution is 2.35. The van der Waals surface area contributed by atoms with Crippen molar-refractivity contribution in [3.63, 3.8) is 0 Å². The third kappa shape index (κ3) is 23.7. The first-order valence-corrected chi connectivity index (χ1v) is 37.4. The van der Waals surface area contributed by atoms with Gasteiger partial charge in [-0.05, 0) is 132 Å². The number of hydrogen-bond acceptors (Lipinski definition) is 19. The molecule has 0 bridgehead atoms. The molecule has 3 aliphatic rings. The molecule has 3 fully saturated rings. The van der Waals surface area contributed by atoms with Crippen molar-refractivity contribution >= 4 is 76.7 Å². The number of aryl methyl sites for hydroxylation is 1. The fourth-order valence-corrected chi connectivity index (χ4v) is 14.0. The number of thioether (sulfide) groups is 1. The molecular weight excluding hydrogens is 1320 g/mol. The van der Waals surface area contributed by atoms with Gasteiger partial charge in [0.25, 0.3) is 5.91 Å². The van der Waals surface area contributed by atoms with Crippen molar-refractivity contribution in [3.05, 3.63) is 0 Å². The SMILES string of the molecule is CC[C@@H]1NC(=O)[C@@H]2[C@@H]([C@H](C)CCCCSc3nnnn3C)ON2C(=O)[C@H](C(C)C)N(C)C(=O)[C@H](CC(C)C)N(C)C(=O)[C@H](CC(C)C)N(C)C(=O)[C@@H](C)NC(=O)[C@H](C)NC(=O)[C@H](CC(C)C)N(C)C(=O)[C@H](C(C)C)NC(=O)[C@H]([C@@H](C)OCCCCN2CCOCC2)N(C)C(=O)[C@@H](C)N(C)C1=O. The largest absolute Gasteiger partial charge is 0.379 e. The average Bonchev–Trinajstić information content (AvgIpc) is 1.18. The standard InChI is InChI=1S/C70H124N16O14S/c1-24-50-65(93)78(17)48(15)64(92)83(22)56(49(16)99-33-27-26-30-85-31-34-98-35-32-85)61(89)74-54(43(8)9)68(96)79(18)51(37-40(2)3)60(88)71-46(13)59(87)72-47(14)63(91)80(19)52(38-41(4)5)66(94)81(20)53(39-42(6)7)67(95)82(21)55(44(10)11)69(97)86-57(62(90)73-50)58(100-86)45(12)29-25-28-36-101-70-75-76-77-84(70)23/h40-58H,24-39H2,1-23H3,(H,71,88)(H,72,87)(H,73,90)(H,74,89)/t45-,46+,47-,48-,49-,50+,51+,52+,53+,54+,55+,56+,57+,58-/m1/s1. The van der Waals surface area contributed by atoms with Crippen LogP contribution in [-0.2, 0) is 74.1 Å². The molecule has 4 heterocycles. The molecule has 0 unspecified atom stereocenters. The molecule has 4 rings (SSSR count). The lowest BCUT2D eigenvalue weighted by molar-refractivity contribution is -0.322. The number of likely N-dealkylation sites (N-methyl/N-ethyl adjacent to an activating group) is 6. The normalized spacial score (nSPS) is 27.4. The van der Waals surface area contributed by atoms with Gasteiger partial charge in [-0.25, -0.2) is 9.75 Å². The summed E-state index contributed by atoms with van der Waals surface area (Å²) in [6.45, 7) is 31.8. The number of nitrogens with one attached hydrogen (secondary N) is 4. The lowest BCUT2D eigenvalue weighted by atomic mass is 9.89. The van der Waals surface area contributed by atoms with E-state index in [1.807, 2.05) is 48.5 Å². The highest BCUT2D eigenvalue weighted by atomic mass is 32.2.